The molecule has 2 atom stereocenters. The molecule has 0 saturated heterocycles. The lowest BCUT2D eigenvalue weighted by Crippen LogP contribution is -2.46. The zero-order valence-corrected chi connectivity index (χ0v) is 14.3. The van der Waals surface area contributed by atoms with Gasteiger partial charge in [0.2, 0.25) is 0 Å². The molecule has 0 bridgehead atoms. The molecule has 21 heavy (non-hydrogen) atoms. The first kappa shape index (κ1) is 18.4. The first-order valence-corrected chi connectivity index (χ1v) is 8.13. The molecule has 1 N–H and O–H groups in total. The average molecular weight is 384 g/mol. The number of hydrogen-bond acceptors (Lipinski definition) is 1. The topological polar surface area (TPSA) is 29.1 Å². The molecular formula is C14H17BrF3NOS. The van der Waals surface area contributed by atoms with Gasteiger partial charge in [-0.2, -0.15) is 13.2 Å². The minimum Gasteiger partial charge on any atom is -0.242 e. The summed E-state index contributed by atoms with van der Waals surface area (Å²) in [6.07, 6.45) is -2.18. The summed E-state index contributed by atoms with van der Waals surface area (Å²) in [5.41, 5.74) is 0.627. The lowest BCUT2D eigenvalue weighted by molar-refractivity contribution is -0.139. The monoisotopic (exact) mass is 383 g/mol. The Kier molecular flexibility index (Phi) is 6.19. The van der Waals surface area contributed by atoms with Gasteiger partial charge < -0.3 is 0 Å². The van der Waals surface area contributed by atoms with E-state index in [0.29, 0.717) is 5.56 Å². The van der Waals surface area contributed by atoms with E-state index in [0.717, 1.165) is 10.5 Å². The highest BCUT2D eigenvalue weighted by Crippen LogP contribution is 2.24. The van der Waals surface area contributed by atoms with E-state index in [-0.39, 0.29) is 0 Å². The van der Waals surface area contributed by atoms with E-state index in [4.69, 9.17) is 0 Å². The maximum atomic E-state index is 13.0. The largest absolute Gasteiger partial charge is 0.408 e. The fraction of sp³-hybridized carbons (Fsp3) is 0.429. The molecule has 2 nitrogen and oxygen atoms in total. The van der Waals surface area contributed by atoms with Crippen molar-refractivity contribution in [3.05, 3.63) is 40.4 Å². The van der Waals surface area contributed by atoms with Crippen LogP contribution in [0.15, 0.2) is 34.8 Å². The standard InChI is InChI=1S/C14H17BrF3NOS/c1-13(2,3)21(20)19-12(14(16,17)18)8-7-10-5-4-6-11(15)9-10/h4-9,12,19H,1-3H3/b8-7+/t12-,21?/m1/s1. The molecule has 0 amide bonds. The van der Waals surface area contributed by atoms with Crippen LogP contribution in [0, 0.1) is 0 Å². The molecule has 0 heterocycles. The SMILES string of the molecule is CC(C)(C)S(=O)N[C@H](/C=C/c1cccc(Br)c1)C(F)(F)F. The van der Waals surface area contributed by atoms with Gasteiger partial charge in [-0.05, 0) is 38.5 Å². The van der Waals surface area contributed by atoms with Crippen LogP contribution in [0.3, 0.4) is 0 Å². The van der Waals surface area contributed by atoms with E-state index >= 15 is 0 Å². The van der Waals surface area contributed by atoms with Crippen molar-refractivity contribution in [1.29, 1.82) is 0 Å². The third-order valence-corrected chi connectivity index (χ3v) is 4.55. The van der Waals surface area contributed by atoms with Crippen LogP contribution >= 0.6 is 15.9 Å². The molecule has 1 aromatic carbocycles. The number of rotatable bonds is 4. The maximum Gasteiger partial charge on any atom is 0.408 e. The van der Waals surface area contributed by atoms with Gasteiger partial charge in [0, 0.05) is 4.47 Å². The molecule has 0 saturated carbocycles. The summed E-state index contributed by atoms with van der Waals surface area (Å²) in [6, 6.07) is 4.94. The Morgan fingerprint density at radius 2 is 1.90 bits per heavy atom. The zero-order valence-electron chi connectivity index (χ0n) is 11.9. The van der Waals surface area contributed by atoms with Crippen LogP contribution < -0.4 is 4.72 Å². The summed E-state index contributed by atoms with van der Waals surface area (Å²) in [6.45, 7) is 4.84. The van der Waals surface area contributed by atoms with E-state index < -0.39 is 28.0 Å². The Morgan fingerprint density at radius 1 is 1.29 bits per heavy atom. The summed E-state index contributed by atoms with van der Waals surface area (Å²) in [7, 11) is -1.81. The normalized spacial score (nSPS) is 16.1. The molecule has 0 radical (unpaired) electrons. The highest BCUT2D eigenvalue weighted by atomic mass is 79.9. The van der Waals surface area contributed by atoms with E-state index in [2.05, 4.69) is 20.7 Å². The maximum absolute atomic E-state index is 13.0. The smallest absolute Gasteiger partial charge is 0.242 e. The van der Waals surface area contributed by atoms with Gasteiger partial charge in [0.1, 0.15) is 6.04 Å². The first-order valence-electron chi connectivity index (χ1n) is 6.18. The van der Waals surface area contributed by atoms with Gasteiger partial charge >= 0.3 is 6.18 Å². The Hall–Kier alpha value is -0.660. The Morgan fingerprint density at radius 3 is 2.38 bits per heavy atom. The molecule has 0 spiro atoms. The van der Waals surface area contributed by atoms with Gasteiger partial charge in [-0.15, -0.1) is 0 Å². The minimum absolute atomic E-state index is 0.627. The summed E-state index contributed by atoms with van der Waals surface area (Å²) in [5, 5.41) is 0. The Bertz CT molecular complexity index is 538. The molecular weight excluding hydrogens is 367 g/mol. The highest BCUT2D eigenvalue weighted by Gasteiger charge is 2.40. The number of halogens is 4. The molecule has 0 fully saturated rings. The number of nitrogens with one attached hydrogen (secondary N) is 1. The number of benzene rings is 1. The first-order chi connectivity index (χ1) is 9.50. The molecule has 118 valence electrons. The highest BCUT2D eigenvalue weighted by molar-refractivity contribution is 9.10. The summed E-state index contributed by atoms with van der Waals surface area (Å²) in [4.78, 5) is 0. The van der Waals surface area contributed by atoms with Crippen molar-refractivity contribution in [2.24, 2.45) is 0 Å². The second-order valence-corrected chi connectivity index (χ2v) is 8.35. The number of hydrogen-bond donors (Lipinski definition) is 1. The molecule has 7 heteroatoms. The van der Waals surface area contributed by atoms with Crippen LogP contribution in [-0.4, -0.2) is 21.2 Å². The Balaban J connectivity index is 2.92. The predicted octanol–water partition coefficient (Wildman–Crippen LogP) is 4.45. The van der Waals surface area contributed by atoms with Crippen molar-refractivity contribution in [2.45, 2.75) is 37.7 Å². The summed E-state index contributed by atoms with van der Waals surface area (Å²) < 4.78 is 53.0. The second-order valence-electron chi connectivity index (χ2n) is 5.43. The average Bonchev–Trinajstić information content (AvgIpc) is 2.31. The predicted molar refractivity (Wildman–Crippen MR) is 84.1 cm³/mol. The van der Waals surface area contributed by atoms with Crippen molar-refractivity contribution in [1.82, 2.24) is 4.72 Å². The van der Waals surface area contributed by atoms with Crippen LogP contribution in [0.2, 0.25) is 0 Å². The van der Waals surface area contributed by atoms with E-state index in [1.807, 2.05) is 0 Å². The van der Waals surface area contributed by atoms with Gasteiger partial charge in [0.25, 0.3) is 0 Å². The van der Waals surface area contributed by atoms with Gasteiger partial charge in [-0.25, -0.2) is 8.93 Å². The Labute approximate surface area is 133 Å². The quantitative estimate of drug-likeness (QED) is 0.817. The fourth-order valence-electron chi connectivity index (χ4n) is 1.32. The fourth-order valence-corrected chi connectivity index (χ4v) is 2.54. The van der Waals surface area contributed by atoms with Gasteiger partial charge in [0.05, 0.1) is 15.7 Å². The molecule has 0 aliphatic carbocycles. The van der Waals surface area contributed by atoms with Crippen LogP contribution in [-0.2, 0) is 11.0 Å². The van der Waals surface area contributed by atoms with Crippen molar-refractivity contribution >= 4 is 33.0 Å². The second kappa shape index (κ2) is 7.07. The third-order valence-electron chi connectivity index (χ3n) is 2.47. The van der Waals surface area contributed by atoms with Crippen molar-refractivity contribution in [3.63, 3.8) is 0 Å². The number of alkyl halides is 3. The molecule has 0 aliphatic heterocycles. The zero-order chi connectivity index (χ0) is 16.3. The van der Waals surface area contributed by atoms with E-state index in [1.54, 1.807) is 45.0 Å². The van der Waals surface area contributed by atoms with Crippen LogP contribution in [0.1, 0.15) is 26.3 Å². The van der Waals surface area contributed by atoms with Crippen LogP contribution in [0.4, 0.5) is 13.2 Å². The summed E-state index contributed by atoms with van der Waals surface area (Å²) in [5.74, 6) is 0. The lowest BCUT2D eigenvalue weighted by atomic mass is 10.2. The molecule has 0 aromatic heterocycles. The molecule has 1 unspecified atom stereocenters. The minimum atomic E-state index is -4.51. The molecule has 1 aromatic rings. The van der Waals surface area contributed by atoms with E-state index in [9.17, 15) is 17.4 Å². The van der Waals surface area contributed by atoms with Gasteiger partial charge in [-0.1, -0.05) is 40.2 Å². The third kappa shape index (κ3) is 6.32. The van der Waals surface area contributed by atoms with Crippen LogP contribution in [0.5, 0.6) is 0 Å². The van der Waals surface area contributed by atoms with Gasteiger partial charge in [-0.3, -0.25) is 0 Å². The van der Waals surface area contributed by atoms with Crippen LogP contribution in [0.25, 0.3) is 6.08 Å². The van der Waals surface area contributed by atoms with Gasteiger partial charge in [0.15, 0.2) is 0 Å². The lowest BCUT2D eigenvalue weighted by Gasteiger charge is -2.24. The van der Waals surface area contributed by atoms with Crippen molar-refractivity contribution < 1.29 is 17.4 Å². The van der Waals surface area contributed by atoms with Crippen molar-refractivity contribution in [2.75, 3.05) is 0 Å². The van der Waals surface area contributed by atoms with E-state index in [1.165, 1.54) is 6.08 Å². The summed E-state index contributed by atoms with van der Waals surface area (Å²) >= 11 is 3.25. The van der Waals surface area contributed by atoms with Crippen molar-refractivity contribution in [3.8, 4) is 0 Å². The molecule has 1 rings (SSSR count). The molecule has 0 aliphatic rings.